The van der Waals surface area contributed by atoms with Crippen molar-refractivity contribution in [2.24, 2.45) is 11.7 Å². The Balaban J connectivity index is 1.60. The monoisotopic (exact) mass is 408 g/mol. The average molecular weight is 408 g/mol. The standard InChI is InChI=1S/C19H19F3N4O3/c20-19(21,22)29-15-6-3-12(4-7-15)18(28)25-14-5-8-16(24-10-14)26-9-1-2-13(11-26)17(23)27/h3-8,10,13H,1-2,9,11H2,(H2,23,27)(H,25,28). The van der Waals surface area contributed by atoms with Crippen LogP contribution in [-0.2, 0) is 4.79 Å². The highest BCUT2D eigenvalue weighted by Crippen LogP contribution is 2.24. The van der Waals surface area contributed by atoms with Gasteiger partial charge in [-0.3, -0.25) is 9.59 Å². The lowest BCUT2D eigenvalue weighted by Gasteiger charge is -2.32. The highest BCUT2D eigenvalue weighted by Gasteiger charge is 2.31. The van der Waals surface area contributed by atoms with E-state index >= 15 is 0 Å². The minimum atomic E-state index is -4.79. The minimum Gasteiger partial charge on any atom is -0.406 e. The molecule has 154 valence electrons. The molecule has 10 heteroatoms. The fourth-order valence-electron chi connectivity index (χ4n) is 3.08. The Kier molecular flexibility index (Phi) is 5.90. The molecule has 0 radical (unpaired) electrons. The first kappa shape index (κ1) is 20.4. The van der Waals surface area contributed by atoms with Gasteiger partial charge in [-0.25, -0.2) is 4.98 Å². The van der Waals surface area contributed by atoms with Crippen LogP contribution in [0.25, 0.3) is 0 Å². The number of amides is 2. The molecule has 2 aromatic rings. The number of nitrogens with zero attached hydrogens (tertiary/aromatic N) is 2. The van der Waals surface area contributed by atoms with Crippen molar-refractivity contribution in [3.63, 3.8) is 0 Å². The zero-order valence-corrected chi connectivity index (χ0v) is 15.3. The van der Waals surface area contributed by atoms with Crippen molar-refractivity contribution >= 4 is 23.3 Å². The van der Waals surface area contributed by atoms with Crippen molar-refractivity contribution in [3.8, 4) is 5.75 Å². The van der Waals surface area contributed by atoms with Gasteiger partial charge in [0.1, 0.15) is 11.6 Å². The smallest absolute Gasteiger partial charge is 0.406 e. The summed E-state index contributed by atoms with van der Waals surface area (Å²) in [5.41, 5.74) is 5.98. The molecule has 1 aromatic heterocycles. The van der Waals surface area contributed by atoms with Crippen molar-refractivity contribution in [1.29, 1.82) is 0 Å². The van der Waals surface area contributed by atoms with Gasteiger partial charge < -0.3 is 20.7 Å². The summed E-state index contributed by atoms with van der Waals surface area (Å²) >= 11 is 0. The van der Waals surface area contributed by atoms with E-state index in [1.807, 2.05) is 4.90 Å². The SMILES string of the molecule is NC(=O)C1CCCN(c2ccc(NC(=O)c3ccc(OC(F)(F)F)cc3)cn2)C1. The first-order valence-electron chi connectivity index (χ1n) is 8.89. The van der Waals surface area contributed by atoms with Crippen LogP contribution in [0.3, 0.4) is 0 Å². The number of aromatic nitrogens is 1. The Morgan fingerprint density at radius 3 is 2.48 bits per heavy atom. The molecule has 0 aliphatic carbocycles. The molecule has 1 unspecified atom stereocenters. The lowest BCUT2D eigenvalue weighted by molar-refractivity contribution is -0.274. The number of nitrogens with one attached hydrogen (secondary N) is 1. The molecule has 1 aliphatic heterocycles. The summed E-state index contributed by atoms with van der Waals surface area (Å²) in [4.78, 5) is 29.9. The largest absolute Gasteiger partial charge is 0.573 e. The van der Waals surface area contributed by atoms with Crippen molar-refractivity contribution in [1.82, 2.24) is 4.98 Å². The first-order chi connectivity index (χ1) is 13.7. The second-order valence-corrected chi connectivity index (χ2v) is 6.62. The van der Waals surface area contributed by atoms with E-state index in [0.717, 1.165) is 31.5 Å². The number of carbonyl (C=O) groups is 2. The quantitative estimate of drug-likeness (QED) is 0.793. The van der Waals surface area contributed by atoms with E-state index < -0.39 is 18.0 Å². The summed E-state index contributed by atoms with van der Waals surface area (Å²) in [6.45, 7) is 1.26. The first-order valence-corrected chi connectivity index (χ1v) is 8.89. The number of benzene rings is 1. The van der Waals surface area contributed by atoms with Gasteiger partial charge in [-0.05, 0) is 49.2 Å². The number of hydrogen-bond acceptors (Lipinski definition) is 5. The summed E-state index contributed by atoms with van der Waals surface area (Å²) in [5.74, 6) is -0.775. The Morgan fingerprint density at radius 2 is 1.90 bits per heavy atom. The lowest BCUT2D eigenvalue weighted by Crippen LogP contribution is -2.41. The fraction of sp³-hybridized carbons (Fsp3) is 0.316. The van der Waals surface area contributed by atoms with E-state index in [1.165, 1.54) is 18.3 Å². The predicted octanol–water partition coefficient (Wildman–Crippen LogP) is 2.93. The summed E-state index contributed by atoms with van der Waals surface area (Å²) < 4.78 is 40.3. The van der Waals surface area contributed by atoms with Crippen LogP contribution in [0.1, 0.15) is 23.2 Å². The van der Waals surface area contributed by atoms with Crippen LogP contribution in [-0.4, -0.2) is 36.3 Å². The van der Waals surface area contributed by atoms with Gasteiger partial charge in [0, 0.05) is 18.7 Å². The molecule has 1 aliphatic rings. The lowest BCUT2D eigenvalue weighted by atomic mass is 9.97. The number of primary amides is 1. The third-order valence-corrected chi connectivity index (χ3v) is 4.50. The number of ether oxygens (including phenoxy) is 1. The zero-order chi connectivity index (χ0) is 21.0. The van der Waals surface area contributed by atoms with Gasteiger partial charge in [0.25, 0.3) is 5.91 Å². The van der Waals surface area contributed by atoms with Crippen LogP contribution in [0.15, 0.2) is 42.6 Å². The van der Waals surface area contributed by atoms with E-state index in [9.17, 15) is 22.8 Å². The summed E-state index contributed by atoms with van der Waals surface area (Å²) in [7, 11) is 0. The van der Waals surface area contributed by atoms with Gasteiger partial charge in [0.05, 0.1) is 17.8 Å². The van der Waals surface area contributed by atoms with Crippen LogP contribution >= 0.6 is 0 Å². The van der Waals surface area contributed by atoms with Gasteiger partial charge in [0.2, 0.25) is 5.91 Å². The zero-order valence-electron chi connectivity index (χ0n) is 15.3. The van der Waals surface area contributed by atoms with Gasteiger partial charge in [-0.1, -0.05) is 0 Å². The number of anilines is 2. The number of carbonyl (C=O) groups excluding carboxylic acids is 2. The van der Waals surface area contributed by atoms with Crippen LogP contribution in [0.4, 0.5) is 24.7 Å². The summed E-state index contributed by atoms with van der Waals surface area (Å²) in [6, 6.07) is 7.98. The fourth-order valence-corrected chi connectivity index (χ4v) is 3.08. The van der Waals surface area contributed by atoms with Crippen molar-refractivity contribution in [3.05, 3.63) is 48.2 Å². The maximum Gasteiger partial charge on any atom is 0.573 e. The summed E-state index contributed by atoms with van der Waals surface area (Å²) in [5, 5.41) is 2.63. The van der Waals surface area contributed by atoms with Gasteiger partial charge >= 0.3 is 6.36 Å². The normalized spacial score (nSPS) is 16.9. The van der Waals surface area contributed by atoms with E-state index in [0.29, 0.717) is 18.1 Å². The number of pyridine rings is 1. The predicted molar refractivity (Wildman–Crippen MR) is 99.4 cm³/mol. The topological polar surface area (TPSA) is 97.6 Å². The Morgan fingerprint density at radius 1 is 1.17 bits per heavy atom. The molecular formula is C19H19F3N4O3. The number of halogens is 3. The maximum atomic E-state index is 12.3. The van der Waals surface area contributed by atoms with E-state index in [1.54, 1.807) is 12.1 Å². The third kappa shape index (κ3) is 5.59. The average Bonchev–Trinajstić information content (AvgIpc) is 2.68. The van der Waals surface area contributed by atoms with Crippen molar-refractivity contribution in [2.45, 2.75) is 19.2 Å². The van der Waals surface area contributed by atoms with Crippen LogP contribution < -0.4 is 20.7 Å². The van der Waals surface area contributed by atoms with Gasteiger partial charge in [0.15, 0.2) is 0 Å². The highest BCUT2D eigenvalue weighted by molar-refractivity contribution is 6.04. The minimum absolute atomic E-state index is 0.170. The molecule has 1 aromatic carbocycles. The highest BCUT2D eigenvalue weighted by atomic mass is 19.4. The number of rotatable bonds is 5. The second kappa shape index (κ2) is 8.38. The molecule has 1 atom stereocenters. The second-order valence-electron chi connectivity index (χ2n) is 6.62. The van der Waals surface area contributed by atoms with E-state index in [2.05, 4.69) is 15.0 Å². The molecule has 29 heavy (non-hydrogen) atoms. The van der Waals surface area contributed by atoms with Crippen LogP contribution in [0.5, 0.6) is 5.75 Å². The molecule has 7 nitrogen and oxygen atoms in total. The van der Waals surface area contributed by atoms with Crippen LogP contribution in [0.2, 0.25) is 0 Å². The Hall–Kier alpha value is -3.30. The molecule has 2 amide bonds. The molecule has 1 fully saturated rings. The van der Waals surface area contributed by atoms with Crippen molar-refractivity contribution < 1.29 is 27.5 Å². The number of piperidine rings is 1. The molecule has 0 spiro atoms. The van der Waals surface area contributed by atoms with E-state index in [4.69, 9.17) is 5.73 Å². The number of hydrogen-bond donors (Lipinski definition) is 2. The molecule has 0 bridgehead atoms. The third-order valence-electron chi connectivity index (χ3n) is 4.50. The maximum absolute atomic E-state index is 12.3. The van der Waals surface area contributed by atoms with Crippen LogP contribution in [0, 0.1) is 5.92 Å². The van der Waals surface area contributed by atoms with E-state index in [-0.39, 0.29) is 17.4 Å². The molecular weight excluding hydrogens is 389 g/mol. The molecule has 3 N–H and O–H groups in total. The Labute approximate surface area is 164 Å². The molecule has 1 saturated heterocycles. The Bertz CT molecular complexity index is 870. The molecule has 3 rings (SSSR count). The molecule has 0 saturated carbocycles. The van der Waals surface area contributed by atoms with Crippen molar-refractivity contribution in [2.75, 3.05) is 23.3 Å². The number of alkyl halides is 3. The number of nitrogens with two attached hydrogens (primary N) is 1. The van der Waals surface area contributed by atoms with Gasteiger partial charge in [-0.15, -0.1) is 13.2 Å². The summed E-state index contributed by atoms with van der Waals surface area (Å²) in [6.07, 6.45) is -1.72. The van der Waals surface area contributed by atoms with Gasteiger partial charge in [-0.2, -0.15) is 0 Å². The molecule has 2 heterocycles.